The monoisotopic (exact) mass is 246 g/mol. The maximum absolute atomic E-state index is 12.1. The van der Waals surface area contributed by atoms with Crippen LogP contribution in [0.3, 0.4) is 0 Å². The van der Waals surface area contributed by atoms with E-state index >= 15 is 0 Å². The molecule has 0 bridgehead atoms. The third-order valence-electron chi connectivity index (χ3n) is 2.57. The SMILES string of the molecule is Cn1cc(S(=O)(=O)N2CC[C@@H](O)C2)c(N)n1. The first kappa shape index (κ1) is 11.4. The molecule has 1 atom stereocenters. The number of nitrogens with two attached hydrogens (primary N) is 1. The summed E-state index contributed by atoms with van der Waals surface area (Å²) >= 11 is 0. The minimum absolute atomic E-state index is 0.00380. The largest absolute Gasteiger partial charge is 0.392 e. The predicted octanol–water partition coefficient (Wildman–Crippen LogP) is -1.24. The summed E-state index contributed by atoms with van der Waals surface area (Å²) in [5, 5.41) is 13.1. The lowest BCUT2D eigenvalue weighted by Crippen LogP contribution is -2.30. The molecule has 8 heteroatoms. The zero-order chi connectivity index (χ0) is 11.9. The molecule has 1 aliphatic heterocycles. The number of anilines is 1. The van der Waals surface area contributed by atoms with Gasteiger partial charge in [-0.1, -0.05) is 0 Å². The molecule has 7 nitrogen and oxygen atoms in total. The lowest BCUT2D eigenvalue weighted by atomic mass is 10.3. The number of nitrogens with zero attached hydrogens (tertiary/aromatic N) is 3. The van der Waals surface area contributed by atoms with E-state index < -0.39 is 16.1 Å². The molecule has 1 aliphatic rings. The van der Waals surface area contributed by atoms with Gasteiger partial charge in [0.15, 0.2) is 5.82 Å². The van der Waals surface area contributed by atoms with Gasteiger partial charge in [0.1, 0.15) is 4.90 Å². The van der Waals surface area contributed by atoms with Crippen LogP contribution in [0.5, 0.6) is 0 Å². The minimum atomic E-state index is -3.62. The maximum atomic E-state index is 12.1. The number of rotatable bonds is 2. The molecule has 0 saturated carbocycles. The van der Waals surface area contributed by atoms with Crippen molar-refractivity contribution in [3.8, 4) is 0 Å². The highest BCUT2D eigenvalue weighted by molar-refractivity contribution is 7.89. The van der Waals surface area contributed by atoms with Crippen molar-refractivity contribution in [1.29, 1.82) is 0 Å². The van der Waals surface area contributed by atoms with Gasteiger partial charge in [-0.25, -0.2) is 8.42 Å². The molecule has 1 saturated heterocycles. The van der Waals surface area contributed by atoms with E-state index in [-0.39, 0.29) is 17.3 Å². The molecule has 90 valence electrons. The van der Waals surface area contributed by atoms with Gasteiger partial charge in [0.25, 0.3) is 0 Å². The van der Waals surface area contributed by atoms with Crippen molar-refractivity contribution in [2.45, 2.75) is 17.4 Å². The average Bonchev–Trinajstić information content (AvgIpc) is 2.73. The molecule has 0 aliphatic carbocycles. The number of hydrogen-bond donors (Lipinski definition) is 2. The first-order chi connectivity index (χ1) is 7.41. The Morgan fingerprint density at radius 3 is 2.75 bits per heavy atom. The zero-order valence-electron chi connectivity index (χ0n) is 8.87. The molecule has 2 rings (SSSR count). The van der Waals surface area contributed by atoms with Crippen LogP contribution in [0.2, 0.25) is 0 Å². The van der Waals surface area contributed by atoms with Gasteiger partial charge >= 0.3 is 0 Å². The molecular weight excluding hydrogens is 232 g/mol. The zero-order valence-corrected chi connectivity index (χ0v) is 9.68. The Balaban J connectivity index is 2.36. The molecule has 1 aromatic heterocycles. The molecule has 16 heavy (non-hydrogen) atoms. The van der Waals surface area contributed by atoms with E-state index in [2.05, 4.69) is 5.10 Å². The fourth-order valence-electron chi connectivity index (χ4n) is 1.75. The first-order valence-corrected chi connectivity index (χ1v) is 6.32. The summed E-state index contributed by atoms with van der Waals surface area (Å²) in [6, 6.07) is 0. The van der Waals surface area contributed by atoms with Crippen molar-refractivity contribution in [2.24, 2.45) is 7.05 Å². The Kier molecular flexibility index (Phi) is 2.64. The van der Waals surface area contributed by atoms with Crippen molar-refractivity contribution in [3.63, 3.8) is 0 Å². The normalized spacial score (nSPS) is 22.8. The first-order valence-electron chi connectivity index (χ1n) is 4.88. The number of sulfonamides is 1. The number of aromatic nitrogens is 2. The van der Waals surface area contributed by atoms with E-state index in [0.717, 1.165) is 0 Å². The van der Waals surface area contributed by atoms with E-state index in [1.54, 1.807) is 7.05 Å². The van der Waals surface area contributed by atoms with E-state index in [1.807, 2.05) is 0 Å². The maximum Gasteiger partial charge on any atom is 0.248 e. The molecule has 1 fully saturated rings. The number of hydrogen-bond acceptors (Lipinski definition) is 5. The number of nitrogen functional groups attached to an aromatic ring is 1. The highest BCUT2D eigenvalue weighted by Gasteiger charge is 2.33. The molecule has 0 spiro atoms. The van der Waals surface area contributed by atoms with Crippen molar-refractivity contribution >= 4 is 15.8 Å². The predicted molar refractivity (Wildman–Crippen MR) is 57.0 cm³/mol. The quantitative estimate of drug-likeness (QED) is 0.679. The number of aliphatic hydroxyl groups excluding tert-OH is 1. The Labute approximate surface area is 93.5 Å². The number of aryl methyl sites for hydroxylation is 1. The summed E-state index contributed by atoms with van der Waals surface area (Å²) in [6.45, 7) is 0.439. The van der Waals surface area contributed by atoms with Crippen molar-refractivity contribution in [2.75, 3.05) is 18.8 Å². The van der Waals surface area contributed by atoms with E-state index in [1.165, 1.54) is 15.2 Å². The van der Waals surface area contributed by atoms with Gasteiger partial charge in [-0.05, 0) is 6.42 Å². The van der Waals surface area contributed by atoms with Crippen LogP contribution in [-0.4, -0.2) is 46.8 Å². The topological polar surface area (TPSA) is 101 Å². The van der Waals surface area contributed by atoms with Crippen molar-refractivity contribution in [1.82, 2.24) is 14.1 Å². The molecular formula is C8H14N4O3S. The van der Waals surface area contributed by atoms with Crippen LogP contribution < -0.4 is 5.73 Å². The van der Waals surface area contributed by atoms with Gasteiger partial charge in [-0.2, -0.15) is 9.40 Å². The van der Waals surface area contributed by atoms with Crippen LogP contribution in [0.1, 0.15) is 6.42 Å². The Bertz CT molecular complexity index is 495. The van der Waals surface area contributed by atoms with Crippen LogP contribution in [0.15, 0.2) is 11.1 Å². The fraction of sp³-hybridized carbons (Fsp3) is 0.625. The molecule has 0 amide bonds. The summed E-state index contributed by atoms with van der Waals surface area (Å²) in [5.74, 6) is -0.0103. The van der Waals surface area contributed by atoms with Gasteiger partial charge in [-0.15, -0.1) is 0 Å². The number of β-amino-alcohol motifs (C(OH)–C–C–N with tert-alkyl or cyclic N) is 1. The third-order valence-corrected chi connectivity index (χ3v) is 4.45. The average molecular weight is 246 g/mol. The van der Waals surface area contributed by atoms with E-state index in [0.29, 0.717) is 13.0 Å². The molecule has 1 aromatic rings. The van der Waals surface area contributed by atoms with Crippen molar-refractivity contribution in [3.05, 3.63) is 6.20 Å². The Morgan fingerprint density at radius 2 is 2.31 bits per heavy atom. The third kappa shape index (κ3) is 1.79. The highest BCUT2D eigenvalue weighted by atomic mass is 32.2. The van der Waals surface area contributed by atoms with Crippen LogP contribution >= 0.6 is 0 Å². The van der Waals surface area contributed by atoms with Gasteiger partial charge < -0.3 is 10.8 Å². The van der Waals surface area contributed by atoms with Crippen molar-refractivity contribution < 1.29 is 13.5 Å². The van der Waals surface area contributed by atoms with Gasteiger partial charge in [0.05, 0.1) is 6.10 Å². The highest BCUT2D eigenvalue weighted by Crippen LogP contribution is 2.24. The smallest absolute Gasteiger partial charge is 0.248 e. The minimum Gasteiger partial charge on any atom is -0.392 e. The fourth-order valence-corrected chi connectivity index (χ4v) is 3.33. The summed E-state index contributed by atoms with van der Waals surface area (Å²) in [7, 11) is -2.01. The van der Waals surface area contributed by atoms with Crippen LogP contribution in [0.25, 0.3) is 0 Å². The second-order valence-electron chi connectivity index (χ2n) is 3.86. The number of aliphatic hydroxyl groups is 1. The Morgan fingerprint density at radius 1 is 1.62 bits per heavy atom. The van der Waals surface area contributed by atoms with Gasteiger partial charge in [0.2, 0.25) is 10.0 Å². The summed E-state index contributed by atoms with van der Waals surface area (Å²) in [6.07, 6.45) is 1.24. The summed E-state index contributed by atoms with van der Waals surface area (Å²) in [4.78, 5) is 0.00380. The molecule has 0 radical (unpaired) electrons. The Hall–Kier alpha value is -1.12. The molecule has 3 N–H and O–H groups in total. The summed E-state index contributed by atoms with van der Waals surface area (Å²) < 4.78 is 26.8. The lowest BCUT2D eigenvalue weighted by molar-refractivity contribution is 0.189. The second kappa shape index (κ2) is 3.72. The van der Waals surface area contributed by atoms with E-state index in [9.17, 15) is 13.5 Å². The molecule has 0 unspecified atom stereocenters. The molecule has 2 heterocycles. The van der Waals surface area contributed by atoms with Crippen LogP contribution in [-0.2, 0) is 17.1 Å². The second-order valence-corrected chi connectivity index (χ2v) is 5.76. The van der Waals surface area contributed by atoms with E-state index in [4.69, 9.17) is 5.73 Å². The lowest BCUT2D eigenvalue weighted by Gasteiger charge is -2.14. The summed E-state index contributed by atoms with van der Waals surface area (Å²) in [5.41, 5.74) is 5.53. The van der Waals surface area contributed by atoms with Crippen LogP contribution in [0.4, 0.5) is 5.82 Å². The standard InChI is InChI=1S/C8H14N4O3S/c1-11-5-7(8(9)10-11)16(14,15)12-3-2-6(13)4-12/h5-6,13H,2-4H2,1H3,(H2,9,10)/t6-/m1/s1. The molecule has 0 aromatic carbocycles. The van der Waals surface area contributed by atoms with Gasteiger partial charge in [-0.3, -0.25) is 4.68 Å². The van der Waals surface area contributed by atoms with Gasteiger partial charge in [0, 0.05) is 26.3 Å². The van der Waals surface area contributed by atoms with Crippen LogP contribution in [0, 0.1) is 0 Å².